The Hall–Kier alpha value is -2.20. The van der Waals surface area contributed by atoms with Gasteiger partial charge in [-0.15, -0.1) is 0 Å². The zero-order valence-corrected chi connectivity index (χ0v) is 24.2. The van der Waals surface area contributed by atoms with Crippen molar-refractivity contribution in [3.8, 4) is 22.8 Å². The minimum Gasteiger partial charge on any atom is -0.255 e. The summed E-state index contributed by atoms with van der Waals surface area (Å²) in [4.78, 5) is 17.3. The van der Waals surface area contributed by atoms with Crippen molar-refractivity contribution in [1.82, 2.24) is 19.9 Å². The van der Waals surface area contributed by atoms with E-state index in [1.165, 1.54) is 11.1 Å². The van der Waals surface area contributed by atoms with Crippen molar-refractivity contribution in [3.63, 3.8) is 0 Å². The molecule has 0 spiro atoms. The Morgan fingerprint density at radius 3 is 1.14 bits per heavy atom. The van der Waals surface area contributed by atoms with E-state index in [0.717, 1.165) is 22.8 Å². The third-order valence-electron chi connectivity index (χ3n) is 5.11. The molecule has 0 amide bonds. The molecule has 4 heterocycles. The average molecular weight is 597 g/mol. The molecule has 35 heavy (non-hydrogen) atoms. The van der Waals surface area contributed by atoms with E-state index in [2.05, 4.69) is 85.7 Å². The van der Waals surface area contributed by atoms with Gasteiger partial charge in [-0.25, -0.2) is 0 Å². The number of halogens is 2. The van der Waals surface area contributed by atoms with Crippen LogP contribution in [0.25, 0.3) is 22.8 Å². The summed E-state index contributed by atoms with van der Waals surface area (Å²) in [5.41, 5.74) is 6.54. The molecule has 0 aromatic carbocycles. The van der Waals surface area contributed by atoms with Crippen LogP contribution in [0.15, 0.2) is 85.5 Å². The number of nitrogens with zero attached hydrogens (tertiary/aromatic N) is 4. The molecular weight excluding hydrogens is 564 g/mol. The third kappa shape index (κ3) is 9.76. The van der Waals surface area contributed by atoms with Gasteiger partial charge in [0.2, 0.25) is 0 Å². The second-order valence-electron chi connectivity index (χ2n) is 9.84. The van der Waals surface area contributed by atoms with Crippen LogP contribution in [0.5, 0.6) is 0 Å². The number of rotatable bonds is 2. The van der Waals surface area contributed by atoms with E-state index in [1.54, 1.807) is 12.4 Å². The first-order valence-electron chi connectivity index (χ1n) is 11.2. The fraction of sp³-hybridized carbons (Fsp3) is 0.286. The Morgan fingerprint density at radius 2 is 0.857 bits per heavy atom. The van der Waals surface area contributed by atoms with E-state index in [-0.39, 0.29) is 26.0 Å². The molecule has 4 rings (SSSR count). The van der Waals surface area contributed by atoms with Crippen LogP contribution < -0.4 is 0 Å². The number of aromatic nitrogens is 4. The SMILES string of the molecule is CC(C)(C)c1ccnc(-c2cc(C(C)(C)C)ccn2)c1.[Cl][Ru][Cl].c1ccc(-c2ccccn2)nc1. The second kappa shape index (κ2) is 13.8. The number of pyridine rings is 4. The van der Waals surface area contributed by atoms with Crippen molar-refractivity contribution in [2.24, 2.45) is 0 Å². The summed E-state index contributed by atoms with van der Waals surface area (Å²) >= 11 is -0.346. The first-order chi connectivity index (χ1) is 16.6. The molecule has 4 nitrogen and oxygen atoms in total. The molecule has 7 heteroatoms. The van der Waals surface area contributed by atoms with Crippen LogP contribution in [0.4, 0.5) is 0 Å². The Balaban J connectivity index is 0.000000243. The van der Waals surface area contributed by atoms with E-state index in [4.69, 9.17) is 19.4 Å². The van der Waals surface area contributed by atoms with Gasteiger partial charge in [0.25, 0.3) is 0 Å². The molecule has 0 bridgehead atoms. The van der Waals surface area contributed by atoms with E-state index in [0.29, 0.717) is 0 Å². The van der Waals surface area contributed by atoms with E-state index >= 15 is 0 Å². The molecule has 0 saturated carbocycles. The van der Waals surface area contributed by atoms with Crippen molar-refractivity contribution >= 4 is 19.4 Å². The maximum atomic E-state index is 4.85. The van der Waals surface area contributed by atoms with Crippen LogP contribution in [-0.4, -0.2) is 19.9 Å². The molecule has 0 aliphatic carbocycles. The Morgan fingerprint density at radius 1 is 0.514 bits per heavy atom. The smallest absolute Gasteiger partial charge is 0.0886 e. The van der Waals surface area contributed by atoms with Crippen molar-refractivity contribution in [2.45, 2.75) is 52.4 Å². The molecule has 4 aromatic rings. The maximum Gasteiger partial charge on any atom is 0.0886 e. The predicted molar refractivity (Wildman–Crippen MR) is 144 cm³/mol. The minimum absolute atomic E-state index is 0.124. The predicted octanol–water partition coefficient (Wildman–Crippen LogP) is 8.26. The fourth-order valence-electron chi connectivity index (χ4n) is 3.10. The molecule has 0 N–H and O–H groups in total. The molecule has 0 saturated heterocycles. The Kier molecular flexibility index (Phi) is 11.4. The van der Waals surface area contributed by atoms with E-state index in [9.17, 15) is 0 Å². The summed E-state index contributed by atoms with van der Waals surface area (Å²) in [5.74, 6) is 0. The van der Waals surface area contributed by atoms with Crippen molar-refractivity contribution < 1.29 is 15.1 Å². The Bertz CT molecular complexity index is 1070. The second-order valence-corrected chi connectivity index (χ2v) is 12.5. The van der Waals surface area contributed by atoms with Crippen molar-refractivity contribution in [3.05, 3.63) is 96.6 Å². The van der Waals surface area contributed by atoms with Gasteiger partial charge in [-0.3, -0.25) is 19.9 Å². The average Bonchev–Trinajstić information content (AvgIpc) is 2.85. The van der Waals surface area contributed by atoms with Gasteiger partial charge in [-0.2, -0.15) is 0 Å². The molecule has 0 radical (unpaired) electrons. The minimum atomic E-state index is -0.346. The van der Waals surface area contributed by atoms with Crippen LogP contribution in [0.3, 0.4) is 0 Å². The van der Waals surface area contributed by atoms with Crippen molar-refractivity contribution in [2.75, 3.05) is 0 Å². The summed E-state index contributed by atoms with van der Waals surface area (Å²) in [7, 11) is 9.71. The van der Waals surface area contributed by atoms with Gasteiger partial charge < -0.3 is 0 Å². The Labute approximate surface area is 225 Å². The van der Waals surface area contributed by atoms with Crippen LogP contribution in [0.2, 0.25) is 0 Å². The molecule has 4 aromatic heterocycles. The zero-order valence-electron chi connectivity index (χ0n) is 21.0. The maximum absolute atomic E-state index is 4.85. The van der Waals surface area contributed by atoms with Crippen LogP contribution in [0.1, 0.15) is 52.7 Å². The molecule has 0 atom stereocenters. The van der Waals surface area contributed by atoms with Gasteiger partial charge in [0.1, 0.15) is 0 Å². The zero-order chi connectivity index (χ0) is 25.9. The monoisotopic (exact) mass is 596 g/mol. The first kappa shape index (κ1) is 29.0. The molecule has 0 aliphatic heterocycles. The van der Waals surface area contributed by atoms with Gasteiger partial charge in [-0.05, 0) is 70.5 Å². The molecule has 0 fully saturated rings. The summed E-state index contributed by atoms with van der Waals surface area (Å²) in [5, 5.41) is 0. The molecule has 186 valence electrons. The van der Waals surface area contributed by atoms with E-state index in [1.807, 2.05) is 48.8 Å². The van der Waals surface area contributed by atoms with E-state index < -0.39 is 0 Å². The normalized spacial score (nSPS) is 11.1. The third-order valence-corrected chi connectivity index (χ3v) is 5.11. The van der Waals surface area contributed by atoms with Gasteiger partial charge in [-0.1, -0.05) is 53.7 Å². The molecule has 0 unspecified atom stereocenters. The van der Waals surface area contributed by atoms with Gasteiger partial charge >= 0.3 is 34.5 Å². The summed E-state index contributed by atoms with van der Waals surface area (Å²) in [6, 6.07) is 20.1. The first-order valence-corrected chi connectivity index (χ1v) is 15.6. The summed E-state index contributed by atoms with van der Waals surface area (Å²) in [6.45, 7) is 13.3. The van der Waals surface area contributed by atoms with Crippen LogP contribution >= 0.6 is 19.4 Å². The van der Waals surface area contributed by atoms with Crippen LogP contribution in [-0.2, 0) is 26.0 Å². The quantitative estimate of drug-likeness (QED) is 0.219. The molecular formula is C28H32Cl2N4Ru. The number of hydrogen-bond donors (Lipinski definition) is 0. The summed E-state index contributed by atoms with van der Waals surface area (Å²) < 4.78 is 0. The summed E-state index contributed by atoms with van der Waals surface area (Å²) in [6.07, 6.45) is 7.29. The standard InChI is InChI=1S/C18H24N2.C10H8N2.2ClH.Ru/c1-17(2,3)13-7-9-19-15(11-13)16-12-14(8-10-20-16)18(4,5)6;1-3-7-11-9(5-1)10-6-2-4-8-12-10;;;/h7-12H,1-6H3;1-8H;2*1H;/q;;;;+2/p-2. The van der Waals surface area contributed by atoms with Gasteiger partial charge in [0.05, 0.1) is 22.8 Å². The van der Waals surface area contributed by atoms with Crippen LogP contribution in [0, 0.1) is 0 Å². The number of hydrogen-bond acceptors (Lipinski definition) is 4. The largest absolute Gasteiger partial charge is 0.255 e. The van der Waals surface area contributed by atoms with Gasteiger partial charge in [0.15, 0.2) is 0 Å². The topological polar surface area (TPSA) is 51.6 Å². The molecule has 0 aliphatic rings. The van der Waals surface area contributed by atoms with Gasteiger partial charge in [0, 0.05) is 24.8 Å². The fourth-order valence-corrected chi connectivity index (χ4v) is 3.10. The van der Waals surface area contributed by atoms with Crippen molar-refractivity contribution in [1.29, 1.82) is 0 Å².